The van der Waals surface area contributed by atoms with Gasteiger partial charge < -0.3 is 10.1 Å². The van der Waals surface area contributed by atoms with Crippen molar-refractivity contribution in [2.45, 2.75) is 52.1 Å². The first-order valence-electron chi connectivity index (χ1n) is 7.98. The van der Waals surface area contributed by atoms with Crippen LogP contribution in [0.25, 0.3) is 0 Å². The summed E-state index contributed by atoms with van der Waals surface area (Å²) in [5.74, 6) is 0.981. The van der Waals surface area contributed by atoms with Crippen LogP contribution in [-0.2, 0) is 0 Å². The van der Waals surface area contributed by atoms with Crippen molar-refractivity contribution in [3.8, 4) is 5.75 Å². The number of benzene rings is 1. The van der Waals surface area contributed by atoms with Crippen LogP contribution >= 0.6 is 0 Å². The molecule has 0 radical (unpaired) electrons. The quantitative estimate of drug-likeness (QED) is 0.843. The highest BCUT2D eigenvalue weighted by Gasteiger charge is 2.36. The van der Waals surface area contributed by atoms with Gasteiger partial charge in [0.05, 0.1) is 6.61 Å². The van der Waals surface area contributed by atoms with Gasteiger partial charge in [-0.3, -0.25) is 4.90 Å². The van der Waals surface area contributed by atoms with E-state index in [0.29, 0.717) is 0 Å². The minimum Gasteiger partial charge on any atom is -0.494 e. The second-order valence-electron chi connectivity index (χ2n) is 7.49. The van der Waals surface area contributed by atoms with Crippen LogP contribution in [0.15, 0.2) is 24.3 Å². The Morgan fingerprint density at radius 1 is 1.24 bits per heavy atom. The number of hydrogen-bond acceptors (Lipinski definition) is 3. The maximum atomic E-state index is 5.86. The highest BCUT2D eigenvalue weighted by molar-refractivity contribution is 5.27. The smallest absolute Gasteiger partial charge is 0.119 e. The fraction of sp³-hybridized carbons (Fsp3) is 0.667. The molecule has 0 atom stereocenters. The van der Waals surface area contributed by atoms with Crippen molar-refractivity contribution < 1.29 is 4.74 Å². The van der Waals surface area contributed by atoms with E-state index in [4.69, 9.17) is 4.74 Å². The van der Waals surface area contributed by atoms with E-state index in [1.54, 1.807) is 0 Å². The van der Waals surface area contributed by atoms with Crippen molar-refractivity contribution in [2.24, 2.45) is 0 Å². The Labute approximate surface area is 129 Å². The monoisotopic (exact) mass is 290 g/mol. The van der Waals surface area contributed by atoms with Crippen molar-refractivity contribution in [1.29, 1.82) is 0 Å². The van der Waals surface area contributed by atoms with Crippen molar-refractivity contribution in [3.63, 3.8) is 0 Å². The Morgan fingerprint density at radius 3 is 2.71 bits per heavy atom. The largest absolute Gasteiger partial charge is 0.494 e. The summed E-state index contributed by atoms with van der Waals surface area (Å²) in [7, 11) is 0. The molecule has 1 heterocycles. The van der Waals surface area contributed by atoms with Gasteiger partial charge in [0.25, 0.3) is 0 Å². The average Bonchev–Trinajstić information content (AvgIpc) is 2.39. The molecule has 21 heavy (non-hydrogen) atoms. The van der Waals surface area contributed by atoms with Crippen LogP contribution in [0.1, 0.15) is 39.7 Å². The van der Waals surface area contributed by atoms with Gasteiger partial charge in [0.2, 0.25) is 0 Å². The highest BCUT2D eigenvalue weighted by atomic mass is 16.5. The van der Waals surface area contributed by atoms with Crippen molar-refractivity contribution >= 4 is 0 Å². The van der Waals surface area contributed by atoms with Gasteiger partial charge in [-0.1, -0.05) is 12.1 Å². The molecule has 0 bridgehead atoms. The normalized spacial score (nSPS) is 21.2. The number of piperazine rings is 1. The topological polar surface area (TPSA) is 24.5 Å². The first-order valence-corrected chi connectivity index (χ1v) is 7.98. The van der Waals surface area contributed by atoms with Crippen LogP contribution in [0, 0.1) is 6.92 Å². The Balaban J connectivity index is 1.79. The summed E-state index contributed by atoms with van der Waals surface area (Å²) < 4.78 is 5.86. The van der Waals surface area contributed by atoms with E-state index in [9.17, 15) is 0 Å². The van der Waals surface area contributed by atoms with Gasteiger partial charge in [0.1, 0.15) is 5.75 Å². The lowest BCUT2D eigenvalue weighted by atomic mass is 9.91. The molecule has 1 aromatic carbocycles. The van der Waals surface area contributed by atoms with Gasteiger partial charge in [-0.05, 0) is 58.7 Å². The van der Waals surface area contributed by atoms with Crippen LogP contribution in [0.2, 0.25) is 0 Å². The van der Waals surface area contributed by atoms with Gasteiger partial charge in [0.15, 0.2) is 0 Å². The van der Waals surface area contributed by atoms with Crippen molar-refractivity contribution in [2.75, 3.05) is 26.2 Å². The molecule has 1 aliphatic rings. The van der Waals surface area contributed by atoms with Gasteiger partial charge >= 0.3 is 0 Å². The lowest BCUT2D eigenvalue weighted by molar-refractivity contribution is 0.0354. The summed E-state index contributed by atoms with van der Waals surface area (Å²) in [6.45, 7) is 15.3. The molecule has 1 saturated heterocycles. The maximum Gasteiger partial charge on any atom is 0.119 e. The van der Waals surface area contributed by atoms with Crippen molar-refractivity contribution in [3.05, 3.63) is 29.8 Å². The van der Waals surface area contributed by atoms with Gasteiger partial charge in [0, 0.05) is 30.7 Å². The van der Waals surface area contributed by atoms with E-state index in [2.05, 4.69) is 57.0 Å². The van der Waals surface area contributed by atoms with Crippen molar-refractivity contribution in [1.82, 2.24) is 10.2 Å². The number of ether oxygens (including phenoxy) is 1. The average molecular weight is 290 g/mol. The zero-order chi connectivity index (χ0) is 15.5. The van der Waals surface area contributed by atoms with Gasteiger partial charge in [-0.2, -0.15) is 0 Å². The molecule has 3 heteroatoms. The lowest BCUT2D eigenvalue weighted by Gasteiger charge is -2.49. The molecule has 0 unspecified atom stereocenters. The molecule has 0 spiro atoms. The molecule has 0 amide bonds. The SMILES string of the molecule is Cc1cccc(OCCCN2CC(C)(C)NCC2(C)C)c1. The zero-order valence-electron chi connectivity index (χ0n) is 14.2. The standard InChI is InChI=1S/C18H30N2O/c1-15-8-6-9-16(12-15)21-11-7-10-20-14-17(2,3)19-13-18(20,4)5/h6,8-9,12,19H,7,10-11,13-14H2,1-5H3. The number of nitrogens with one attached hydrogen (secondary N) is 1. The van der Waals surface area contributed by atoms with E-state index < -0.39 is 0 Å². The summed E-state index contributed by atoms with van der Waals surface area (Å²) >= 11 is 0. The summed E-state index contributed by atoms with van der Waals surface area (Å²) in [5.41, 5.74) is 1.67. The fourth-order valence-electron chi connectivity index (χ4n) is 2.85. The Kier molecular flexibility index (Phi) is 4.95. The van der Waals surface area contributed by atoms with Crippen LogP contribution in [0.5, 0.6) is 5.75 Å². The molecule has 0 aromatic heterocycles. The summed E-state index contributed by atoms with van der Waals surface area (Å²) in [6.07, 6.45) is 1.06. The van der Waals surface area contributed by atoms with E-state index in [1.807, 2.05) is 12.1 Å². The predicted molar refractivity (Wildman–Crippen MR) is 89.0 cm³/mol. The number of aryl methyl sites for hydroxylation is 1. The van der Waals surface area contributed by atoms with Crippen LogP contribution in [0.3, 0.4) is 0 Å². The molecular weight excluding hydrogens is 260 g/mol. The highest BCUT2D eigenvalue weighted by Crippen LogP contribution is 2.23. The molecule has 0 aliphatic carbocycles. The third-order valence-electron chi connectivity index (χ3n) is 4.27. The van der Waals surface area contributed by atoms with Crippen LogP contribution < -0.4 is 10.1 Å². The molecule has 1 aliphatic heterocycles. The Morgan fingerprint density at radius 2 is 2.00 bits per heavy atom. The minimum absolute atomic E-state index is 0.201. The first-order chi connectivity index (χ1) is 9.78. The lowest BCUT2D eigenvalue weighted by Crippen LogP contribution is -2.66. The third kappa shape index (κ3) is 4.72. The molecule has 3 nitrogen and oxygen atoms in total. The molecule has 1 N–H and O–H groups in total. The summed E-state index contributed by atoms with van der Waals surface area (Å²) in [6, 6.07) is 8.27. The summed E-state index contributed by atoms with van der Waals surface area (Å²) in [5, 5.41) is 3.63. The molecule has 118 valence electrons. The molecular formula is C18H30N2O. The van der Waals surface area contributed by atoms with E-state index in [-0.39, 0.29) is 11.1 Å². The predicted octanol–water partition coefficient (Wildman–Crippen LogP) is 3.23. The van der Waals surface area contributed by atoms with E-state index >= 15 is 0 Å². The van der Waals surface area contributed by atoms with Crippen LogP contribution in [0.4, 0.5) is 0 Å². The summed E-state index contributed by atoms with van der Waals surface area (Å²) in [4.78, 5) is 2.59. The van der Waals surface area contributed by atoms with E-state index in [0.717, 1.165) is 38.4 Å². The maximum absolute atomic E-state index is 5.86. The minimum atomic E-state index is 0.201. The fourth-order valence-corrected chi connectivity index (χ4v) is 2.85. The van der Waals surface area contributed by atoms with E-state index in [1.165, 1.54) is 5.56 Å². The second-order valence-corrected chi connectivity index (χ2v) is 7.49. The second kappa shape index (κ2) is 6.37. The third-order valence-corrected chi connectivity index (χ3v) is 4.27. The molecule has 1 fully saturated rings. The first kappa shape index (κ1) is 16.3. The Bertz CT molecular complexity index is 468. The van der Waals surface area contributed by atoms with Crippen LogP contribution in [-0.4, -0.2) is 42.2 Å². The Hall–Kier alpha value is -1.06. The molecule has 1 aromatic rings. The molecule has 0 saturated carbocycles. The number of nitrogens with zero attached hydrogens (tertiary/aromatic N) is 1. The number of rotatable bonds is 5. The number of hydrogen-bond donors (Lipinski definition) is 1. The zero-order valence-corrected chi connectivity index (χ0v) is 14.2. The van der Waals surface area contributed by atoms with Gasteiger partial charge in [-0.25, -0.2) is 0 Å². The van der Waals surface area contributed by atoms with Gasteiger partial charge in [-0.15, -0.1) is 0 Å². The molecule has 2 rings (SSSR count).